The van der Waals surface area contributed by atoms with Gasteiger partial charge in [-0.2, -0.15) is 0 Å². The highest BCUT2D eigenvalue weighted by Crippen LogP contribution is 2.31. The Balaban J connectivity index is 1.85. The van der Waals surface area contributed by atoms with Crippen molar-refractivity contribution in [1.29, 1.82) is 0 Å². The van der Waals surface area contributed by atoms with Crippen LogP contribution in [-0.4, -0.2) is 25.5 Å². The van der Waals surface area contributed by atoms with Crippen molar-refractivity contribution in [3.8, 4) is 11.3 Å². The lowest BCUT2D eigenvalue weighted by Gasteiger charge is -2.10. The summed E-state index contributed by atoms with van der Waals surface area (Å²) in [5, 5.41) is 7.16. The quantitative estimate of drug-likeness (QED) is 0.605. The van der Waals surface area contributed by atoms with Crippen LogP contribution in [0.25, 0.3) is 11.3 Å². The number of aromatic nitrogens is 1. The summed E-state index contributed by atoms with van der Waals surface area (Å²) in [5.74, 6) is -0.0904. The first kappa shape index (κ1) is 21.0. The van der Waals surface area contributed by atoms with Gasteiger partial charge < -0.3 is 9.84 Å². The highest BCUT2D eigenvalue weighted by Gasteiger charge is 2.23. The summed E-state index contributed by atoms with van der Waals surface area (Å²) in [6, 6.07) is 12.7. The first-order valence-electron chi connectivity index (χ1n) is 8.84. The summed E-state index contributed by atoms with van der Waals surface area (Å²) >= 11 is 6.22. The number of aryl methyl sites for hydroxylation is 1. The van der Waals surface area contributed by atoms with Crippen LogP contribution in [0.1, 0.15) is 30.0 Å². The second kappa shape index (κ2) is 8.36. The van der Waals surface area contributed by atoms with Gasteiger partial charge in [0.1, 0.15) is 17.0 Å². The maximum atomic E-state index is 12.8. The highest BCUT2D eigenvalue weighted by atomic mass is 35.5. The minimum atomic E-state index is -3.60. The number of hydrogen-bond acceptors (Lipinski definition) is 5. The number of carbonyl (C=O) groups is 1. The molecule has 0 spiro atoms. The second-order valence-electron chi connectivity index (χ2n) is 6.70. The Labute approximate surface area is 174 Å². The number of rotatable bonds is 6. The molecule has 0 bridgehead atoms. The molecule has 0 radical (unpaired) electrons. The summed E-state index contributed by atoms with van der Waals surface area (Å²) in [4.78, 5) is 13.0. The molecule has 2 aromatic carbocycles. The van der Waals surface area contributed by atoms with Crippen LogP contribution < -0.4 is 10.0 Å². The van der Waals surface area contributed by atoms with E-state index < -0.39 is 15.9 Å². The number of sulfonamides is 1. The highest BCUT2D eigenvalue weighted by molar-refractivity contribution is 7.89. The number of benzene rings is 2. The Bertz CT molecular complexity index is 1140. The Kier molecular flexibility index (Phi) is 6.07. The number of halogens is 1. The minimum absolute atomic E-state index is 0.113. The molecule has 0 aliphatic rings. The number of hydrogen-bond donors (Lipinski definition) is 2. The minimum Gasteiger partial charge on any atom is -0.360 e. The summed E-state index contributed by atoms with van der Waals surface area (Å²) < 4.78 is 32.1. The molecule has 3 rings (SSSR count). The molecule has 9 heteroatoms. The van der Waals surface area contributed by atoms with E-state index in [9.17, 15) is 13.2 Å². The van der Waals surface area contributed by atoms with Crippen LogP contribution in [0.3, 0.4) is 0 Å². The van der Waals surface area contributed by atoms with Crippen molar-refractivity contribution >= 4 is 33.2 Å². The molecule has 29 heavy (non-hydrogen) atoms. The van der Waals surface area contributed by atoms with Gasteiger partial charge in [-0.3, -0.25) is 4.79 Å². The largest absolute Gasteiger partial charge is 0.360 e. The predicted molar refractivity (Wildman–Crippen MR) is 112 cm³/mol. The lowest BCUT2D eigenvalue weighted by molar-refractivity contribution is 0.102. The van der Waals surface area contributed by atoms with Gasteiger partial charge in [-0.1, -0.05) is 35.0 Å². The van der Waals surface area contributed by atoms with Crippen molar-refractivity contribution in [2.24, 2.45) is 0 Å². The fraction of sp³-hybridized carbons (Fsp3) is 0.200. The Hall–Kier alpha value is -2.68. The molecule has 152 valence electrons. The molecule has 0 saturated heterocycles. The Morgan fingerprint density at radius 3 is 2.38 bits per heavy atom. The molecule has 2 N–H and O–H groups in total. The summed E-state index contributed by atoms with van der Waals surface area (Å²) in [7, 11) is -3.60. The van der Waals surface area contributed by atoms with E-state index in [1.54, 1.807) is 45.0 Å². The summed E-state index contributed by atoms with van der Waals surface area (Å²) in [6.07, 6.45) is 0. The lowest BCUT2D eigenvalue weighted by Crippen LogP contribution is -2.30. The molecule has 0 unspecified atom stereocenters. The molecular formula is C20H20ClN3O4S. The van der Waals surface area contributed by atoms with Gasteiger partial charge in [0, 0.05) is 17.3 Å². The van der Waals surface area contributed by atoms with Crippen LogP contribution in [0.2, 0.25) is 5.02 Å². The van der Waals surface area contributed by atoms with Gasteiger partial charge >= 0.3 is 0 Å². The van der Waals surface area contributed by atoms with Gasteiger partial charge in [-0.05, 0) is 51.1 Å². The number of nitrogens with zero attached hydrogens (tertiary/aromatic N) is 1. The SMILES string of the molecule is Cc1onc(-c2ccccc2Cl)c1C(=O)Nc1ccc(S(=O)(=O)NC(C)C)cc1. The topological polar surface area (TPSA) is 101 Å². The molecule has 1 amide bonds. The molecule has 7 nitrogen and oxygen atoms in total. The second-order valence-corrected chi connectivity index (χ2v) is 8.82. The maximum absolute atomic E-state index is 12.8. The molecule has 0 aliphatic heterocycles. The molecular weight excluding hydrogens is 414 g/mol. The van der Waals surface area contributed by atoms with Crippen LogP contribution in [0.4, 0.5) is 5.69 Å². The van der Waals surface area contributed by atoms with Crippen LogP contribution in [-0.2, 0) is 10.0 Å². The fourth-order valence-corrected chi connectivity index (χ4v) is 4.24. The molecule has 0 saturated carbocycles. The zero-order valence-corrected chi connectivity index (χ0v) is 17.6. The van der Waals surface area contributed by atoms with Crippen molar-refractivity contribution in [1.82, 2.24) is 9.88 Å². The van der Waals surface area contributed by atoms with Crippen LogP contribution in [0.15, 0.2) is 57.9 Å². The molecule has 0 fully saturated rings. The third-order valence-electron chi connectivity index (χ3n) is 4.03. The van der Waals surface area contributed by atoms with E-state index in [-0.39, 0.29) is 16.5 Å². The number of anilines is 1. The van der Waals surface area contributed by atoms with E-state index in [0.717, 1.165) is 0 Å². The van der Waals surface area contributed by atoms with Gasteiger partial charge in [0.25, 0.3) is 5.91 Å². The zero-order valence-electron chi connectivity index (χ0n) is 16.1. The smallest absolute Gasteiger partial charge is 0.261 e. The van der Waals surface area contributed by atoms with Gasteiger partial charge in [-0.25, -0.2) is 13.1 Å². The van der Waals surface area contributed by atoms with Gasteiger partial charge in [-0.15, -0.1) is 0 Å². The Morgan fingerprint density at radius 2 is 1.76 bits per heavy atom. The normalized spacial score (nSPS) is 11.6. The van der Waals surface area contributed by atoms with Crippen molar-refractivity contribution in [2.75, 3.05) is 5.32 Å². The van der Waals surface area contributed by atoms with Gasteiger partial charge in [0.2, 0.25) is 10.0 Å². The van der Waals surface area contributed by atoms with Crippen LogP contribution in [0, 0.1) is 6.92 Å². The lowest BCUT2D eigenvalue weighted by atomic mass is 10.1. The standard InChI is InChI=1S/C20H20ClN3O4S/c1-12(2)24-29(26,27)15-10-8-14(9-11-15)22-20(25)18-13(3)28-23-19(18)16-6-4-5-7-17(16)21/h4-12,24H,1-3H3,(H,22,25). The van der Waals surface area contributed by atoms with Crippen molar-refractivity contribution in [2.45, 2.75) is 31.7 Å². The average Bonchev–Trinajstić information content (AvgIpc) is 3.03. The molecule has 3 aromatic rings. The number of nitrogens with one attached hydrogen (secondary N) is 2. The zero-order chi connectivity index (χ0) is 21.2. The van der Waals surface area contributed by atoms with E-state index >= 15 is 0 Å². The van der Waals surface area contributed by atoms with E-state index in [1.165, 1.54) is 24.3 Å². The first-order chi connectivity index (χ1) is 13.7. The van der Waals surface area contributed by atoms with E-state index in [2.05, 4.69) is 15.2 Å². The van der Waals surface area contributed by atoms with Crippen molar-refractivity contribution < 1.29 is 17.7 Å². The average molecular weight is 434 g/mol. The van der Waals surface area contributed by atoms with Crippen LogP contribution in [0.5, 0.6) is 0 Å². The predicted octanol–water partition coefficient (Wildman–Crippen LogP) is 4.24. The maximum Gasteiger partial charge on any atom is 0.261 e. The third kappa shape index (κ3) is 4.67. The number of carbonyl (C=O) groups excluding carboxylic acids is 1. The summed E-state index contributed by atoms with van der Waals surface area (Å²) in [5.41, 5.74) is 1.61. The monoisotopic (exact) mass is 433 g/mol. The number of amides is 1. The van der Waals surface area contributed by atoms with Gasteiger partial charge in [0.15, 0.2) is 0 Å². The van der Waals surface area contributed by atoms with Crippen LogP contribution >= 0.6 is 11.6 Å². The van der Waals surface area contributed by atoms with E-state index in [4.69, 9.17) is 16.1 Å². The molecule has 0 aliphatic carbocycles. The third-order valence-corrected chi connectivity index (χ3v) is 6.04. The molecule has 1 heterocycles. The van der Waals surface area contributed by atoms with Crippen molar-refractivity contribution in [3.63, 3.8) is 0 Å². The molecule has 0 atom stereocenters. The van der Waals surface area contributed by atoms with Gasteiger partial charge in [0.05, 0.1) is 9.92 Å². The van der Waals surface area contributed by atoms with Crippen molar-refractivity contribution in [3.05, 3.63) is 64.9 Å². The summed E-state index contributed by atoms with van der Waals surface area (Å²) in [6.45, 7) is 5.11. The molecule has 1 aromatic heterocycles. The first-order valence-corrected chi connectivity index (χ1v) is 10.7. The van der Waals surface area contributed by atoms with E-state index in [0.29, 0.717) is 27.7 Å². The fourth-order valence-electron chi connectivity index (χ4n) is 2.77. The van der Waals surface area contributed by atoms with E-state index in [1.807, 2.05) is 0 Å². The Morgan fingerprint density at radius 1 is 1.10 bits per heavy atom.